The number of benzene rings is 1. The number of aliphatic carboxylic acids is 2. The largest absolute Gasteiger partial charge is 0.481 e. The van der Waals surface area contributed by atoms with E-state index in [-0.39, 0.29) is 0 Å². The van der Waals surface area contributed by atoms with Gasteiger partial charge in [0.15, 0.2) is 5.60 Å². The minimum absolute atomic E-state index is 0.310. The quantitative estimate of drug-likeness (QED) is 0.355. The van der Waals surface area contributed by atoms with Gasteiger partial charge in [-0.15, -0.1) is 0 Å². The number of carboxylic acids is 2. The fourth-order valence-electron chi connectivity index (χ4n) is 3.51. The number of rotatable bonds is 13. The zero-order valence-electron chi connectivity index (χ0n) is 16.7. The molecule has 0 aliphatic rings. The van der Waals surface area contributed by atoms with E-state index in [2.05, 4.69) is 0 Å². The molecule has 2 aromatic rings. The van der Waals surface area contributed by atoms with Crippen LogP contribution in [-0.4, -0.2) is 48.6 Å². The fraction of sp³-hybridized carbons (Fsp3) is 0.455. The van der Waals surface area contributed by atoms with E-state index in [4.69, 9.17) is 21.8 Å². The summed E-state index contributed by atoms with van der Waals surface area (Å²) in [6.07, 6.45) is 6.01. The van der Waals surface area contributed by atoms with Crippen molar-refractivity contribution in [3.63, 3.8) is 0 Å². The maximum atomic E-state index is 11.1. The van der Waals surface area contributed by atoms with Crippen LogP contribution in [0.4, 0.5) is 0 Å². The van der Waals surface area contributed by atoms with Crippen LogP contribution in [-0.2, 0) is 16.0 Å². The number of aromatic nitrogens is 1. The molecule has 1 aromatic heterocycles. The molecule has 0 unspecified atom stereocenters. The van der Waals surface area contributed by atoms with Crippen molar-refractivity contribution < 1.29 is 30.0 Å². The Hall–Kier alpha value is -2.35. The van der Waals surface area contributed by atoms with E-state index >= 15 is 0 Å². The van der Waals surface area contributed by atoms with Crippen LogP contribution in [0, 0.1) is 0 Å². The molecular formula is C22H28ClNO6. The Morgan fingerprint density at radius 2 is 1.73 bits per heavy atom. The molecule has 0 fully saturated rings. The predicted octanol–water partition coefficient (Wildman–Crippen LogP) is 3.67. The number of aliphatic hydroxyl groups excluding tert-OH is 1. The van der Waals surface area contributed by atoms with Crippen LogP contribution in [0.25, 0.3) is 5.69 Å². The van der Waals surface area contributed by atoms with Gasteiger partial charge < -0.3 is 25.0 Å². The molecular weight excluding hydrogens is 410 g/mol. The molecule has 0 radical (unpaired) electrons. The summed E-state index contributed by atoms with van der Waals surface area (Å²) in [5.74, 6) is -3.06. The molecule has 2 rings (SSSR count). The number of hydrogen-bond donors (Lipinski definition) is 4. The molecule has 0 saturated heterocycles. The van der Waals surface area contributed by atoms with E-state index in [9.17, 15) is 19.8 Å². The van der Waals surface area contributed by atoms with Crippen LogP contribution in [0.15, 0.2) is 42.7 Å². The number of nitrogens with zero attached hydrogens (tertiary/aromatic N) is 1. The molecule has 30 heavy (non-hydrogen) atoms. The lowest BCUT2D eigenvalue weighted by molar-refractivity contribution is -0.168. The lowest BCUT2D eigenvalue weighted by Crippen LogP contribution is -2.43. The van der Waals surface area contributed by atoms with Crippen LogP contribution in [0.2, 0.25) is 5.02 Å². The molecule has 4 N–H and O–H groups in total. The van der Waals surface area contributed by atoms with Crippen molar-refractivity contribution in [1.29, 1.82) is 0 Å². The molecule has 164 valence electrons. The highest BCUT2D eigenvalue weighted by Gasteiger charge is 2.40. The van der Waals surface area contributed by atoms with E-state index in [1.807, 2.05) is 47.3 Å². The smallest absolute Gasteiger partial charge is 0.336 e. The summed E-state index contributed by atoms with van der Waals surface area (Å²) in [5, 5.41) is 38.5. The fourth-order valence-corrected chi connectivity index (χ4v) is 3.68. The van der Waals surface area contributed by atoms with Crippen LogP contribution < -0.4 is 0 Å². The van der Waals surface area contributed by atoms with E-state index in [0.717, 1.165) is 31.4 Å². The van der Waals surface area contributed by atoms with Gasteiger partial charge in [0.1, 0.15) is 0 Å². The highest BCUT2D eigenvalue weighted by molar-refractivity contribution is 6.30. The lowest BCUT2D eigenvalue weighted by atomic mass is 9.90. The highest BCUT2D eigenvalue weighted by atomic mass is 35.5. The first kappa shape index (κ1) is 23.9. The second-order valence-electron chi connectivity index (χ2n) is 7.58. The topological polar surface area (TPSA) is 120 Å². The lowest BCUT2D eigenvalue weighted by Gasteiger charge is -2.24. The predicted molar refractivity (Wildman–Crippen MR) is 113 cm³/mol. The molecule has 0 aliphatic carbocycles. The average molecular weight is 438 g/mol. The van der Waals surface area contributed by atoms with Gasteiger partial charge in [-0.25, -0.2) is 4.79 Å². The third-order valence-electron chi connectivity index (χ3n) is 5.08. The summed E-state index contributed by atoms with van der Waals surface area (Å²) < 4.78 is 2.03. The van der Waals surface area contributed by atoms with Gasteiger partial charge in [0.25, 0.3) is 0 Å². The Morgan fingerprint density at radius 3 is 2.37 bits per heavy atom. The average Bonchev–Trinajstić information content (AvgIpc) is 3.19. The molecule has 0 amide bonds. The Morgan fingerprint density at radius 1 is 1.07 bits per heavy atom. The highest BCUT2D eigenvalue weighted by Crippen LogP contribution is 2.24. The van der Waals surface area contributed by atoms with E-state index in [1.165, 1.54) is 5.56 Å². The number of halogens is 1. The maximum Gasteiger partial charge on any atom is 0.336 e. The number of hydrogen-bond acceptors (Lipinski definition) is 4. The summed E-state index contributed by atoms with van der Waals surface area (Å²) in [6.45, 7) is 0. The van der Waals surface area contributed by atoms with Gasteiger partial charge in [-0.2, -0.15) is 0 Å². The minimum atomic E-state index is -2.45. The Balaban J connectivity index is 1.75. The Kier molecular flexibility index (Phi) is 8.89. The molecule has 1 aromatic carbocycles. The zero-order valence-corrected chi connectivity index (χ0v) is 17.5. The molecule has 1 heterocycles. The van der Waals surface area contributed by atoms with Crippen molar-refractivity contribution in [1.82, 2.24) is 4.57 Å². The third-order valence-corrected chi connectivity index (χ3v) is 5.31. The summed E-state index contributed by atoms with van der Waals surface area (Å²) in [6, 6.07) is 9.75. The number of aryl methyl sites for hydroxylation is 1. The van der Waals surface area contributed by atoms with Crippen LogP contribution in [0.1, 0.15) is 50.5 Å². The first-order chi connectivity index (χ1) is 14.2. The maximum absolute atomic E-state index is 11.1. The normalized spacial score (nSPS) is 14.2. The second-order valence-corrected chi connectivity index (χ2v) is 8.02. The summed E-state index contributed by atoms with van der Waals surface area (Å²) >= 11 is 6.13. The Bertz CT molecular complexity index is 838. The third kappa shape index (κ3) is 7.16. The number of carbonyl (C=O) groups is 2. The van der Waals surface area contributed by atoms with Gasteiger partial charge in [-0.1, -0.05) is 36.9 Å². The van der Waals surface area contributed by atoms with Gasteiger partial charge in [0.2, 0.25) is 0 Å². The molecule has 2 atom stereocenters. The van der Waals surface area contributed by atoms with Crippen molar-refractivity contribution in [3.05, 3.63) is 53.3 Å². The van der Waals surface area contributed by atoms with E-state index in [1.54, 1.807) is 0 Å². The number of aliphatic hydroxyl groups is 2. The number of unbranched alkanes of at least 4 members (excludes halogenated alkanes) is 3. The van der Waals surface area contributed by atoms with E-state index < -0.39 is 36.5 Å². The summed E-state index contributed by atoms with van der Waals surface area (Å²) in [4.78, 5) is 21.9. The molecule has 8 heteroatoms. The first-order valence-corrected chi connectivity index (χ1v) is 10.4. The van der Waals surface area contributed by atoms with Crippen molar-refractivity contribution in [2.75, 3.05) is 0 Å². The molecule has 0 saturated carbocycles. The minimum Gasteiger partial charge on any atom is -0.481 e. The summed E-state index contributed by atoms with van der Waals surface area (Å²) in [7, 11) is 0. The Labute approximate surface area is 180 Å². The van der Waals surface area contributed by atoms with Gasteiger partial charge >= 0.3 is 11.9 Å². The van der Waals surface area contributed by atoms with Crippen molar-refractivity contribution >= 4 is 23.5 Å². The first-order valence-electron chi connectivity index (χ1n) is 9.98. The van der Waals surface area contributed by atoms with E-state index in [0.29, 0.717) is 17.9 Å². The van der Waals surface area contributed by atoms with Crippen molar-refractivity contribution in [2.45, 2.75) is 63.1 Å². The second kappa shape index (κ2) is 11.2. The monoisotopic (exact) mass is 437 g/mol. The molecule has 0 aliphatic heterocycles. The van der Waals surface area contributed by atoms with Crippen molar-refractivity contribution in [3.8, 4) is 5.69 Å². The van der Waals surface area contributed by atoms with Gasteiger partial charge in [-0.05, 0) is 49.1 Å². The number of carboxylic acid groups (broad SMARTS) is 2. The molecule has 7 nitrogen and oxygen atoms in total. The molecule has 0 bridgehead atoms. The zero-order chi connectivity index (χ0) is 22.1. The van der Waals surface area contributed by atoms with Crippen LogP contribution in [0.5, 0.6) is 0 Å². The van der Waals surface area contributed by atoms with Crippen molar-refractivity contribution in [2.24, 2.45) is 0 Å². The van der Waals surface area contributed by atoms with Gasteiger partial charge in [0.05, 0.1) is 12.5 Å². The standard InChI is InChI=1S/C22H28ClNO6/c23-17-10-9-16(19(13-17)24-11-5-6-12-24)7-3-1-2-4-8-18(25)14-22(30,21(28)29)15-20(26)27/h5-6,9-13,18,25,30H,1-4,7-8,14-15H2,(H,26,27)(H,28,29)/t18-,22+/m1/s1. The summed E-state index contributed by atoms with van der Waals surface area (Å²) in [5.41, 5.74) is -0.209. The van der Waals surface area contributed by atoms with Crippen LogP contribution in [0.3, 0.4) is 0 Å². The molecule has 0 spiro atoms. The SMILES string of the molecule is O=C(O)C[C@@](O)(C[C@H](O)CCCCCCc1ccc(Cl)cc1-n1cccc1)C(=O)O. The van der Waals surface area contributed by atoms with Gasteiger partial charge in [0, 0.05) is 29.5 Å². The van der Waals surface area contributed by atoms with Gasteiger partial charge in [-0.3, -0.25) is 4.79 Å². The van der Waals surface area contributed by atoms with Crippen LogP contribution >= 0.6 is 11.6 Å².